The molecule has 0 aliphatic carbocycles. The van der Waals surface area contributed by atoms with Gasteiger partial charge in [0.25, 0.3) is 0 Å². The molecule has 0 atom stereocenters. The topological polar surface area (TPSA) is 77.3 Å². The maximum absolute atomic E-state index is 13.0. The minimum absolute atomic E-state index is 0.0201. The standard InChI is InChI=1S/C24H22N4O3S/c1-31-22-11-7-18(8-12-22)19-9-13-23(14-10-19)32(29,30)27-15-21(16-27)28-17-24(25-26-28)20-5-3-2-4-6-20/h2-14,17,21H,15-16H2,1H3. The van der Waals surface area contributed by atoms with Gasteiger partial charge in [0.1, 0.15) is 11.4 Å². The monoisotopic (exact) mass is 446 g/mol. The third-order valence-electron chi connectivity index (χ3n) is 5.70. The number of rotatable bonds is 6. The second-order valence-electron chi connectivity index (χ2n) is 7.68. The highest BCUT2D eigenvalue weighted by molar-refractivity contribution is 7.89. The van der Waals surface area contributed by atoms with Crippen LogP contribution in [-0.4, -0.2) is 47.9 Å². The Kier molecular flexibility index (Phi) is 5.24. The third kappa shape index (κ3) is 3.79. The molecule has 8 heteroatoms. The van der Waals surface area contributed by atoms with Crippen LogP contribution in [0.4, 0.5) is 0 Å². The Morgan fingerprint density at radius 3 is 2.09 bits per heavy atom. The highest BCUT2D eigenvalue weighted by atomic mass is 32.2. The van der Waals surface area contributed by atoms with Gasteiger partial charge < -0.3 is 4.74 Å². The van der Waals surface area contributed by atoms with Crippen molar-refractivity contribution in [1.29, 1.82) is 0 Å². The number of methoxy groups -OCH3 is 1. The van der Waals surface area contributed by atoms with Gasteiger partial charge in [0.15, 0.2) is 0 Å². The number of aromatic nitrogens is 3. The largest absolute Gasteiger partial charge is 0.497 e. The number of hydrogen-bond donors (Lipinski definition) is 0. The van der Waals surface area contributed by atoms with E-state index in [2.05, 4.69) is 10.3 Å². The molecule has 0 unspecified atom stereocenters. The van der Waals surface area contributed by atoms with E-state index in [-0.39, 0.29) is 10.9 Å². The van der Waals surface area contributed by atoms with Crippen molar-refractivity contribution in [1.82, 2.24) is 19.3 Å². The normalized spacial score (nSPS) is 14.8. The SMILES string of the molecule is COc1ccc(-c2ccc(S(=O)(=O)N3CC(n4cc(-c5ccccc5)nn4)C3)cc2)cc1. The van der Waals surface area contributed by atoms with Crippen molar-refractivity contribution >= 4 is 10.0 Å². The minimum Gasteiger partial charge on any atom is -0.497 e. The predicted molar refractivity (Wildman–Crippen MR) is 122 cm³/mol. The molecule has 1 aliphatic heterocycles. The van der Waals surface area contributed by atoms with Gasteiger partial charge in [0.05, 0.1) is 24.2 Å². The molecule has 1 saturated heterocycles. The summed E-state index contributed by atoms with van der Waals surface area (Å²) in [6.07, 6.45) is 1.87. The van der Waals surface area contributed by atoms with Gasteiger partial charge in [-0.2, -0.15) is 4.31 Å². The average Bonchev–Trinajstić information content (AvgIpc) is 3.28. The van der Waals surface area contributed by atoms with Crippen LogP contribution in [0.3, 0.4) is 0 Å². The molecule has 0 bridgehead atoms. The van der Waals surface area contributed by atoms with E-state index in [9.17, 15) is 8.42 Å². The first-order valence-corrected chi connectivity index (χ1v) is 11.7. The summed E-state index contributed by atoms with van der Waals surface area (Å²) >= 11 is 0. The molecule has 1 aliphatic rings. The Bertz CT molecular complexity index is 1310. The van der Waals surface area contributed by atoms with Crippen molar-refractivity contribution in [3.05, 3.63) is 85.1 Å². The third-order valence-corrected chi connectivity index (χ3v) is 7.54. The zero-order chi connectivity index (χ0) is 22.1. The molecule has 3 aromatic carbocycles. The average molecular weight is 447 g/mol. The van der Waals surface area contributed by atoms with Crippen molar-refractivity contribution in [3.63, 3.8) is 0 Å². The highest BCUT2D eigenvalue weighted by Gasteiger charge is 2.38. The van der Waals surface area contributed by atoms with Crippen molar-refractivity contribution < 1.29 is 13.2 Å². The van der Waals surface area contributed by atoms with Crippen LogP contribution in [0.1, 0.15) is 6.04 Å². The van der Waals surface area contributed by atoms with Crippen LogP contribution >= 0.6 is 0 Å². The lowest BCUT2D eigenvalue weighted by atomic mass is 10.1. The fourth-order valence-corrected chi connectivity index (χ4v) is 5.24. The van der Waals surface area contributed by atoms with Crippen LogP contribution in [0, 0.1) is 0 Å². The molecule has 0 N–H and O–H groups in total. The summed E-state index contributed by atoms with van der Waals surface area (Å²) in [4.78, 5) is 0.289. The maximum atomic E-state index is 13.0. The molecule has 0 spiro atoms. The first-order valence-electron chi connectivity index (χ1n) is 10.3. The highest BCUT2D eigenvalue weighted by Crippen LogP contribution is 2.30. The van der Waals surface area contributed by atoms with Crippen LogP contribution in [0.2, 0.25) is 0 Å². The summed E-state index contributed by atoms with van der Waals surface area (Å²) in [7, 11) is -1.92. The number of sulfonamides is 1. The smallest absolute Gasteiger partial charge is 0.243 e. The summed E-state index contributed by atoms with van der Waals surface area (Å²) < 4.78 is 34.4. The number of benzene rings is 3. The van der Waals surface area contributed by atoms with Crippen LogP contribution in [-0.2, 0) is 10.0 Å². The number of hydrogen-bond acceptors (Lipinski definition) is 5. The molecular formula is C24H22N4O3S. The first kappa shape index (κ1) is 20.4. The van der Waals surface area contributed by atoms with Gasteiger partial charge in [-0.05, 0) is 35.4 Å². The molecule has 1 aromatic heterocycles. The van der Waals surface area contributed by atoms with E-state index in [0.29, 0.717) is 13.1 Å². The van der Waals surface area contributed by atoms with Gasteiger partial charge in [0.2, 0.25) is 10.0 Å². The summed E-state index contributed by atoms with van der Waals surface area (Å²) in [5, 5.41) is 8.42. The lowest BCUT2D eigenvalue weighted by Crippen LogP contribution is -2.50. The first-order chi connectivity index (χ1) is 15.5. The summed E-state index contributed by atoms with van der Waals surface area (Å²) in [6.45, 7) is 0.750. The van der Waals surface area contributed by atoms with E-state index in [1.54, 1.807) is 23.9 Å². The van der Waals surface area contributed by atoms with Crippen LogP contribution < -0.4 is 4.74 Å². The number of ether oxygens (including phenoxy) is 1. The van der Waals surface area contributed by atoms with E-state index in [0.717, 1.165) is 28.1 Å². The van der Waals surface area contributed by atoms with Crippen molar-refractivity contribution in [3.8, 4) is 28.1 Å². The Morgan fingerprint density at radius 2 is 1.47 bits per heavy atom. The van der Waals surface area contributed by atoms with E-state index >= 15 is 0 Å². The maximum Gasteiger partial charge on any atom is 0.243 e. The molecular weight excluding hydrogens is 424 g/mol. The Balaban J connectivity index is 1.26. The Morgan fingerprint density at radius 1 is 0.844 bits per heavy atom. The van der Waals surface area contributed by atoms with Gasteiger partial charge in [-0.1, -0.05) is 59.8 Å². The van der Waals surface area contributed by atoms with Crippen LogP contribution in [0.25, 0.3) is 22.4 Å². The fraction of sp³-hybridized carbons (Fsp3) is 0.167. The van der Waals surface area contributed by atoms with Gasteiger partial charge in [0, 0.05) is 18.7 Å². The van der Waals surface area contributed by atoms with Gasteiger partial charge in [-0.25, -0.2) is 13.1 Å². The van der Waals surface area contributed by atoms with E-state index in [1.807, 2.05) is 72.9 Å². The molecule has 0 saturated carbocycles. The second kappa shape index (κ2) is 8.22. The minimum atomic E-state index is -3.55. The molecule has 7 nitrogen and oxygen atoms in total. The molecule has 162 valence electrons. The lowest BCUT2D eigenvalue weighted by Gasteiger charge is -2.37. The van der Waals surface area contributed by atoms with E-state index in [1.165, 1.54) is 4.31 Å². The summed E-state index contributed by atoms with van der Waals surface area (Å²) in [5.41, 5.74) is 3.71. The molecule has 5 rings (SSSR count). The van der Waals surface area contributed by atoms with Crippen LogP contribution in [0.5, 0.6) is 5.75 Å². The molecule has 0 amide bonds. The molecule has 1 fully saturated rings. The van der Waals surface area contributed by atoms with Gasteiger partial charge in [-0.3, -0.25) is 0 Å². The predicted octanol–water partition coefficient (Wildman–Crippen LogP) is 3.87. The van der Waals surface area contributed by atoms with Crippen molar-refractivity contribution in [2.75, 3.05) is 20.2 Å². The van der Waals surface area contributed by atoms with Crippen LogP contribution in [0.15, 0.2) is 90.0 Å². The fourth-order valence-electron chi connectivity index (χ4n) is 3.73. The van der Waals surface area contributed by atoms with Crippen molar-refractivity contribution in [2.45, 2.75) is 10.9 Å². The quantitative estimate of drug-likeness (QED) is 0.449. The number of nitrogens with zero attached hydrogens (tertiary/aromatic N) is 4. The van der Waals surface area contributed by atoms with E-state index < -0.39 is 10.0 Å². The Labute approximate surface area is 186 Å². The zero-order valence-electron chi connectivity index (χ0n) is 17.5. The molecule has 32 heavy (non-hydrogen) atoms. The van der Waals surface area contributed by atoms with Crippen molar-refractivity contribution in [2.24, 2.45) is 0 Å². The lowest BCUT2D eigenvalue weighted by molar-refractivity contribution is 0.189. The molecule has 4 aromatic rings. The second-order valence-corrected chi connectivity index (χ2v) is 9.62. The Hall–Kier alpha value is -3.49. The summed E-state index contributed by atoms with van der Waals surface area (Å²) in [5.74, 6) is 0.781. The van der Waals surface area contributed by atoms with Gasteiger partial charge in [-0.15, -0.1) is 5.10 Å². The molecule has 2 heterocycles. The molecule has 0 radical (unpaired) electrons. The van der Waals surface area contributed by atoms with Gasteiger partial charge >= 0.3 is 0 Å². The summed E-state index contributed by atoms with van der Waals surface area (Å²) in [6, 6.07) is 24.4. The van der Waals surface area contributed by atoms with E-state index in [4.69, 9.17) is 4.74 Å². The zero-order valence-corrected chi connectivity index (χ0v) is 18.3.